The van der Waals surface area contributed by atoms with Crippen LogP contribution in [-0.2, 0) is 21.4 Å². The van der Waals surface area contributed by atoms with E-state index in [1.807, 2.05) is 31.2 Å². The van der Waals surface area contributed by atoms with E-state index in [0.29, 0.717) is 6.54 Å². The minimum absolute atomic E-state index is 0.0239. The highest BCUT2D eigenvalue weighted by molar-refractivity contribution is 7.89. The highest BCUT2D eigenvalue weighted by Gasteiger charge is 2.24. The van der Waals surface area contributed by atoms with Crippen molar-refractivity contribution < 1.29 is 17.7 Å². The van der Waals surface area contributed by atoms with E-state index >= 15 is 0 Å². The molecule has 1 heterocycles. The molecule has 0 aliphatic rings. The lowest BCUT2D eigenvalue weighted by Crippen LogP contribution is -2.37. The van der Waals surface area contributed by atoms with E-state index in [4.69, 9.17) is 4.52 Å². The van der Waals surface area contributed by atoms with Crippen molar-refractivity contribution in [3.05, 3.63) is 46.8 Å². The lowest BCUT2D eigenvalue weighted by molar-refractivity contribution is -0.120. The van der Waals surface area contributed by atoms with Crippen molar-refractivity contribution in [1.82, 2.24) is 15.2 Å². The number of carbonyl (C=O) groups excluding carboxylic acids is 1. The predicted octanol–water partition coefficient (Wildman–Crippen LogP) is 1.19. The van der Waals surface area contributed by atoms with E-state index in [0.717, 1.165) is 11.1 Å². The number of nitrogens with one attached hydrogen (secondary N) is 2. The van der Waals surface area contributed by atoms with Crippen molar-refractivity contribution in [2.24, 2.45) is 0 Å². The molecule has 0 atom stereocenters. The molecular weight excluding hydrogens is 318 g/mol. The minimum atomic E-state index is -3.83. The van der Waals surface area contributed by atoms with E-state index in [9.17, 15) is 13.2 Å². The largest absolute Gasteiger partial charge is 0.360 e. The first kappa shape index (κ1) is 17.2. The van der Waals surface area contributed by atoms with Crippen LogP contribution in [0.25, 0.3) is 0 Å². The summed E-state index contributed by atoms with van der Waals surface area (Å²) in [6, 6.07) is 7.65. The highest BCUT2D eigenvalue weighted by atomic mass is 32.2. The van der Waals surface area contributed by atoms with E-state index < -0.39 is 15.9 Å². The summed E-state index contributed by atoms with van der Waals surface area (Å²) in [4.78, 5) is 11.8. The van der Waals surface area contributed by atoms with Crippen molar-refractivity contribution in [3.8, 4) is 0 Å². The van der Waals surface area contributed by atoms with Crippen LogP contribution in [0.3, 0.4) is 0 Å². The van der Waals surface area contributed by atoms with Gasteiger partial charge in [-0.2, -0.15) is 0 Å². The molecule has 0 bridgehead atoms. The second kappa shape index (κ2) is 6.93. The molecule has 1 amide bonds. The smallest absolute Gasteiger partial charge is 0.246 e. The zero-order chi connectivity index (χ0) is 17.0. The Kier molecular flexibility index (Phi) is 5.17. The van der Waals surface area contributed by atoms with E-state index in [1.165, 1.54) is 13.8 Å². The Morgan fingerprint density at radius 3 is 2.52 bits per heavy atom. The number of nitrogens with zero attached hydrogens (tertiary/aromatic N) is 1. The van der Waals surface area contributed by atoms with E-state index in [-0.39, 0.29) is 22.9 Å². The number of hydrogen-bond acceptors (Lipinski definition) is 5. The monoisotopic (exact) mass is 337 g/mol. The molecule has 0 fully saturated rings. The van der Waals surface area contributed by atoms with Crippen molar-refractivity contribution in [2.45, 2.75) is 32.2 Å². The molecule has 0 unspecified atom stereocenters. The quantitative estimate of drug-likeness (QED) is 0.824. The molecule has 0 saturated heterocycles. The summed E-state index contributed by atoms with van der Waals surface area (Å²) in [7, 11) is -3.83. The average Bonchev–Trinajstić information content (AvgIpc) is 2.84. The molecule has 0 aliphatic heterocycles. The highest BCUT2D eigenvalue weighted by Crippen LogP contribution is 2.18. The molecule has 1 aromatic carbocycles. The van der Waals surface area contributed by atoms with Crippen LogP contribution in [0.15, 0.2) is 33.7 Å². The van der Waals surface area contributed by atoms with Crippen molar-refractivity contribution >= 4 is 15.9 Å². The summed E-state index contributed by atoms with van der Waals surface area (Å²) in [5.74, 6) is -0.223. The Morgan fingerprint density at radius 2 is 1.91 bits per heavy atom. The molecule has 8 heteroatoms. The Hall–Kier alpha value is -2.19. The average molecular weight is 337 g/mol. The van der Waals surface area contributed by atoms with Gasteiger partial charge >= 0.3 is 0 Å². The molecule has 0 radical (unpaired) electrons. The first-order valence-corrected chi connectivity index (χ1v) is 8.53. The number of benzene rings is 1. The third kappa shape index (κ3) is 4.17. The maximum atomic E-state index is 12.2. The van der Waals surface area contributed by atoms with Gasteiger partial charge < -0.3 is 9.84 Å². The standard InChI is InChI=1S/C15H19N3O4S/c1-10-6-4-5-7-13(10)8-16-14(19)9-17-23(20,21)15-11(2)18-22-12(15)3/h4-7,17H,8-9H2,1-3H3,(H,16,19). The van der Waals surface area contributed by atoms with Gasteiger partial charge in [0.15, 0.2) is 5.76 Å². The molecule has 0 spiro atoms. The molecule has 7 nitrogen and oxygen atoms in total. The molecule has 2 N–H and O–H groups in total. The lowest BCUT2D eigenvalue weighted by atomic mass is 10.1. The summed E-state index contributed by atoms with van der Waals surface area (Å²) in [6.07, 6.45) is 0. The topological polar surface area (TPSA) is 101 Å². The normalized spacial score (nSPS) is 11.4. The number of hydrogen-bond donors (Lipinski definition) is 2. The first-order chi connectivity index (χ1) is 10.8. The van der Waals surface area contributed by atoms with Crippen molar-refractivity contribution in [2.75, 3.05) is 6.54 Å². The van der Waals surface area contributed by atoms with E-state index in [1.54, 1.807) is 0 Å². The van der Waals surface area contributed by atoms with Crippen LogP contribution < -0.4 is 10.0 Å². The number of aromatic nitrogens is 1. The van der Waals surface area contributed by atoms with Crippen LogP contribution in [-0.4, -0.2) is 26.0 Å². The van der Waals surface area contributed by atoms with Crippen molar-refractivity contribution in [3.63, 3.8) is 0 Å². The molecule has 2 rings (SSSR count). The maximum Gasteiger partial charge on any atom is 0.246 e. The van der Waals surface area contributed by atoms with Crippen LogP contribution in [0.2, 0.25) is 0 Å². The molecule has 23 heavy (non-hydrogen) atoms. The third-order valence-electron chi connectivity index (χ3n) is 3.40. The molecule has 0 aliphatic carbocycles. The van der Waals surface area contributed by atoms with Crippen LogP contribution >= 0.6 is 0 Å². The zero-order valence-electron chi connectivity index (χ0n) is 13.2. The Morgan fingerprint density at radius 1 is 1.22 bits per heavy atom. The van der Waals surface area contributed by atoms with Gasteiger partial charge in [-0.25, -0.2) is 13.1 Å². The van der Waals surface area contributed by atoms with Crippen LogP contribution in [0.1, 0.15) is 22.6 Å². The van der Waals surface area contributed by atoms with Gasteiger partial charge in [0.1, 0.15) is 10.6 Å². The summed E-state index contributed by atoms with van der Waals surface area (Å²) in [5, 5.41) is 6.28. The summed E-state index contributed by atoms with van der Waals surface area (Å²) in [6.45, 7) is 4.98. The van der Waals surface area contributed by atoms with Crippen molar-refractivity contribution in [1.29, 1.82) is 0 Å². The fourth-order valence-electron chi connectivity index (χ4n) is 2.16. The number of aryl methyl sites for hydroxylation is 3. The van der Waals surface area contributed by atoms with Gasteiger partial charge in [-0.1, -0.05) is 29.4 Å². The summed E-state index contributed by atoms with van der Waals surface area (Å²) >= 11 is 0. The number of carbonyl (C=O) groups is 1. The zero-order valence-corrected chi connectivity index (χ0v) is 14.0. The van der Waals surface area contributed by atoms with Gasteiger partial charge in [0.05, 0.1) is 6.54 Å². The number of rotatable bonds is 6. The number of sulfonamides is 1. The first-order valence-electron chi connectivity index (χ1n) is 7.05. The van der Waals surface area contributed by atoms with Gasteiger partial charge in [-0.05, 0) is 31.9 Å². The molecule has 0 saturated carbocycles. The SMILES string of the molecule is Cc1ccccc1CNC(=O)CNS(=O)(=O)c1c(C)noc1C. The molecule has 1 aromatic heterocycles. The second-order valence-electron chi connectivity index (χ2n) is 5.18. The number of amides is 1. The van der Waals surface area contributed by atoms with Crippen LogP contribution in [0.4, 0.5) is 0 Å². The third-order valence-corrected chi connectivity index (χ3v) is 5.04. The molecule has 124 valence electrons. The molecule has 2 aromatic rings. The summed E-state index contributed by atoms with van der Waals surface area (Å²) < 4.78 is 31.4. The van der Waals surface area contributed by atoms with Gasteiger partial charge in [-0.3, -0.25) is 4.79 Å². The molecular formula is C15H19N3O4S. The van der Waals surface area contributed by atoms with Gasteiger partial charge in [0.25, 0.3) is 0 Å². The van der Waals surface area contributed by atoms with E-state index in [2.05, 4.69) is 15.2 Å². The fraction of sp³-hybridized carbons (Fsp3) is 0.333. The van der Waals surface area contributed by atoms with Crippen LogP contribution in [0, 0.1) is 20.8 Å². The second-order valence-corrected chi connectivity index (χ2v) is 6.88. The predicted molar refractivity (Wildman–Crippen MR) is 84.2 cm³/mol. The van der Waals surface area contributed by atoms with Gasteiger partial charge in [0, 0.05) is 6.54 Å². The Labute approximate surface area is 135 Å². The lowest BCUT2D eigenvalue weighted by Gasteiger charge is -2.09. The maximum absolute atomic E-state index is 12.2. The van der Waals surface area contributed by atoms with Gasteiger partial charge in [-0.15, -0.1) is 0 Å². The Bertz CT molecular complexity index is 792. The fourth-order valence-corrected chi connectivity index (χ4v) is 3.46. The minimum Gasteiger partial charge on any atom is -0.360 e. The van der Waals surface area contributed by atoms with Gasteiger partial charge in [0.2, 0.25) is 15.9 Å². The Balaban J connectivity index is 1.93. The van der Waals surface area contributed by atoms with Crippen LogP contribution in [0.5, 0.6) is 0 Å². The summed E-state index contributed by atoms with van der Waals surface area (Å²) in [5.41, 5.74) is 2.30.